The minimum Gasteiger partial charge on any atom is -0.309 e. The monoisotopic (exact) mass is 291 g/mol. The lowest BCUT2D eigenvalue weighted by molar-refractivity contribution is 0.249. The average molecular weight is 291 g/mol. The summed E-state index contributed by atoms with van der Waals surface area (Å²) in [6.07, 6.45) is 3.19. The molecular weight excluding hydrogens is 266 g/mol. The minimum absolute atomic E-state index is 0.347. The van der Waals surface area contributed by atoms with E-state index < -0.39 is 0 Å². The molecule has 110 valence electrons. The lowest BCUT2D eigenvalue weighted by atomic mass is 10.1. The van der Waals surface area contributed by atoms with Crippen LogP contribution in [0.25, 0.3) is 10.2 Å². The van der Waals surface area contributed by atoms with Gasteiger partial charge in [-0.3, -0.25) is 4.98 Å². The topological polar surface area (TPSA) is 28.2 Å². The molecule has 0 saturated heterocycles. The van der Waals surface area contributed by atoms with Gasteiger partial charge in [-0.15, -0.1) is 11.3 Å². The van der Waals surface area contributed by atoms with Crippen molar-refractivity contribution in [3.63, 3.8) is 0 Å². The summed E-state index contributed by atoms with van der Waals surface area (Å²) in [5, 5.41) is 5.69. The van der Waals surface area contributed by atoms with Crippen molar-refractivity contribution in [3.05, 3.63) is 29.3 Å². The number of fused-ring (bicyclic) bond motifs is 1. The van der Waals surface area contributed by atoms with E-state index in [1.807, 2.05) is 6.20 Å². The molecule has 0 saturated carbocycles. The van der Waals surface area contributed by atoms with Crippen molar-refractivity contribution in [2.45, 2.75) is 39.3 Å². The molecule has 2 aromatic heterocycles. The molecule has 2 heterocycles. The average Bonchev–Trinajstić information content (AvgIpc) is 2.93. The molecule has 0 aliphatic rings. The Morgan fingerprint density at radius 3 is 2.95 bits per heavy atom. The van der Waals surface area contributed by atoms with Crippen LogP contribution >= 0.6 is 11.3 Å². The predicted molar refractivity (Wildman–Crippen MR) is 88.4 cm³/mol. The van der Waals surface area contributed by atoms with Crippen molar-refractivity contribution in [2.75, 3.05) is 20.1 Å². The van der Waals surface area contributed by atoms with Crippen LogP contribution in [0, 0.1) is 0 Å². The third-order valence-corrected chi connectivity index (χ3v) is 4.94. The molecule has 2 unspecified atom stereocenters. The van der Waals surface area contributed by atoms with Gasteiger partial charge in [-0.1, -0.05) is 6.92 Å². The van der Waals surface area contributed by atoms with Crippen LogP contribution in [0.1, 0.15) is 38.8 Å². The molecule has 2 rings (SSSR count). The van der Waals surface area contributed by atoms with Crippen LogP contribution in [0.3, 0.4) is 0 Å². The lowest BCUT2D eigenvalue weighted by Gasteiger charge is -2.24. The SMILES string of the molecule is CCC(C)N(C)CCNC(C)c1cnc2ccsc2c1. The van der Waals surface area contributed by atoms with E-state index in [-0.39, 0.29) is 0 Å². The van der Waals surface area contributed by atoms with E-state index in [1.165, 1.54) is 16.7 Å². The summed E-state index contributed by atoms with van der Waals surface area (Å²) in [7, 11) is 2.19. The maximum absolute atomic E-state index is 4.51. The Bertz CT molecular complexity index is 537. The fourth-order valence-corrected chi connectivity index (χ4v) is 2.99. The fraction of sp³-hybridized carbons (Fsp3) is 0.562. The van der Waals surface area contributed by atoms with Gasteiger partial charge in [0, 0.05) is 31.4 Å². The Balaban J connectivity index is 1.86. The summed E-state index contributed by atoms with van der Waals surface area (Å²) in [6, 6.07) is 5.32. The molecule has 0 bridgehead atoms. The number of pyridine rings is 1. The summed E-state index contributed by atoms with van der Waals surface area (Å²) in [6.45, 7) is 8.80. The number of thiophene rings is 1. The first-order valence-electron chi connectivity index (χ1n) is 7.38. The van der Waals surface area contributed by atoms with Crippen LogP contribution in [0.2, 0.25) is 0 Å². The molecule has 0 aliphatic heterocycles. The highest BCUT2D eigenvalue weighted by Crippen LogP contribution is 2.22. The van der Waals surface area contributed by atoms with Crippen molar-refractivity contribution in [1.29, 1.82) is 0 Å². The van der Waals surface area contributed by atoms with Crippen LogP contribution in [0.4, 0.5) is 0 Å². The zero-order valence-corrected chi connectivity index (χ0v) is 13.7. The molecule has 4 heteroatoms. The molecule has 20 heavy (non-hydrogen) atoms. The number of rotatable bonds is 7. The largest absolute Gasteiger partial charge is 0.309 e. The molecule has 2 atom stereocenters. The van der Waals surface area contributed by atoms with Gasteiger partial charge in [-0.2, -0.15) is 0 Å². The maximum atomic E-state index is 4.51. The van der Waals surface area contributed by atoms with Gasteiger partial charge in [-0.25, -0.2) is 0 Å². The quantitative estimate of drug-likeness (QED) is 0.843. The van der Waals surface area contributed by atoms with Crippen LogP contribution in [-0.4, -0.2) is 36.1 Å². The van der Waals surface area contributed by atoms with Crippen molar-refractivity contribution >= 4 is 21.6 Å². The second-order valence-corrected chi connectivity index (χ2v) is 6.43. The highest BCUT2D eigenvalue weighted by Gasteiger charge is 2.09. The van der Waals surface area contributed by atoms with Gasteiger partial charge >= 0.3 is 0 Å². The minimum atomic E-state index is 0.347. The first-order valence-corrected chi connectivity index (χ1v) is 8.26. The number of hydrogen-bond donors (Lipinski definition) is 1. The first kappa shape index (κ1) is 15.4. The van der Waals surface area contributed by atoms with Crippen LogP contribution in [0.15, 0.2) is 23.7 Å². The van der Waals surface area contributed by atoms with Gasteiger partial charge < -0.3 is 10.2 Å². The zero-order chi connectivity index (χ0) is 14.5. The van der Waals surface area contributed by atoms with Gasteiger partial charge in [0.1, 0.15) is 0 Å². The second-order valence-electron chi connectivity index (χ2n) is 5.49. The Morgan fingerprint density at radius 1 is 1.40 bits per heavy atom. The zero-order valence-electron chi connectivity index (χ0n) is 12.9. The third-order valence-electron chi connectivity index (χ3n) is 4.08. The molecule has 0 radical (unpaired) electrons. The fourth-order valence-electron chi connectivity index (χ4n) is 2.21. The normalized spacial score (nSPS) is 14.8. The van der Waals surface area contributed by atoms with Gasteiger partial charge in [0.25, 0.3) is 0 Å². The Hall–Kier alpha value is -0.970. The summed E-state index contributed by atoms with van der Waals surface area (Å²) >= 11 is 1.76. The molecule has 2 aromatic rings. The number of likely N-dealkylation sites (N-methyl/N-ethyl adjacent to an activating group) is 1. The van der Waals surface area contributed by atoms with Crippen molar-refractivity contribution in [3.8, 4) is 0 Å². The van der Waals surface area contributed by atoms with Crippen molar-refractivity contribution in [1.82, 2.24) is 15.2 Å². The van der Waals surface area contributed by atoms with E-state index in [0.29, 0.717) is 12.1 Å². The van der Waals surface area contributed by atoms with E-state index in [4.69, 9.17) is 0 Å². The van der Waals surface area contributed by atoms with Gasteiger partial charge in [0.2, 0.25) is 0 Å². The highest BCUT2D eigenvalue weighted by atomic mass is 32.1. The number of nitrogens with zero attached hydrogens (tertiary/aromatic N) is 2. The molecule has 0 fully saturated rings. The standard InChI is InChI=1S/C16H25N3S/c1-5-12(2)19(4)8-7-17-13(3)14-10-16-15(18-11-14)6-9-20-16/h6,9-13,17H,5,7-8H2,1-4H3. The van der Waals surface area contributed by atoms with Crippen LogP contribution in [-0.2, 0) is 0 Å². The summed E-state index contributed by atoms with van der Waals surface area (Å²) in [5.41, 5.74) is 2.37. The van der Waals surface area contributed by atoms with Crippen molar-refractivity contribution < 1.29 is 0 Å². The molecule has 0 amide bonds. The van der Waals surface area contributed by atoms with Crippen LogP contribution < -0.4 is 5.32 Å². The van der Waals surface area contributed by atoms with Gasteiger partial charge in [0.05, 0.1) is 10.2 Å². The van der Waals surface area contributed by atoms with Gasteiger partial charge in [0.15, 0.2) is 0 Å². The Morgan fingerprint density at radius 2 is 2.20 bits per heavy atom. The summed E-state index contributed by atoms with van der Waals surface area (Å²) < 4.78 is 1.27. The molecule has 0 spiro atoms. The first-order chi connectivity index (χ1) is 9.61. The number of aromatic nitrogens is 1. The number of hydrogen-bond acceptors (Lipinski definition) is 4. The summed E-state index contributed by atoms with van der Waals surface area (Å²) in [4.78, 5) is 6.91. The van der Waals surface area contributed by atoms with Crippen LogP contribution in [0.5, 0.6) is 0 Å². The lowest BCUT2D eigenvalue weighted by Crippen LogP contribution is -2.35. The van der Waals surface area contributed by atoms with E-state index in [0.717, 1.165) is 18.6 Å². The molecule has 0 aromatic carbocycles. The smallest absolute Gasteiger partial charge is 0.0809 e. The predicted octanol–water partition coefficient (Wildman–Crippen LogP) is 3.68. The molecule has 0 aliphatic carbocycles. The maximum Gasteiger partial charge on any atom is 0.0809 e. The number of nitrogens with one attached hydrogen (secondary N) is 1. The van der Waals surface area contributed by atoms with E-state index in [2.05, 4.69) is 60.5 Å². The summed E-state index contributed by atoms with van der Waals surface area (Å²) in [5.74, 6) is 0. The Kier molecular flexibility index (Phi) is 5.52. The molecular formula is C16H25N3S. The van der Waals surface area contributed by atoms with Gasteiger partial charge in [-0.05, 0) is 50.4 Å². The van der Waals surface area contributed by atoms with E-state index >= 15 is 0 Å². The van der Waals surface area contributed by atoms with E-state index in [1.54, 1.807) is 11.3 Å². The molecule has 1 N–H and O–H groups in total. The Labute approximate surface area is 126 Å². The van der Waals surface area contributed by atoms with E-state index in [9.17, 15) is 0 Å². The molecule has 3 nitrogen and oxygen atoms in total. The third kappa shape index (κ3) is 3.78. The highest BCUT2D eigenvalue weighted by molar-refractivity contribution is 7.17. The van der Waals surface area contributed by atoms with Crippen molar-refractivity contribution in [2.24, 2.45) is 0 Å². The second kappa shape index (κ2) is 7.16.